The summed E-state index contributed by atoms with van der Waals surface area (Å²) in [7, 11) is 0. The minimum atomic E-state index is -1.14. The van der Waals surface area contributed by atoms with Crippen LogP contribution in [0.4, 0.5) is 4.79 Å². The smallest absolute Gasteiger partial charge is 0.323 e. The number of aliphatic carboxylic acids is 1. The van der Waals surface area contributed by atoms with Gasteiger partial charge >= 0.3 is 12.0 Å². The highest BCUT2D eigenvalue weighted by molar-refractivity contribution is 5.86. The molecule has 7 heteroatoms. The summed E-state index contributed by atoms with van der Waals surface area (Å²) in [6, 6.07) is -0.393. The average Bonchev–Trinajstić information content (AvgIpc) is 2.85. The second-order valence-electron chi connectivity index (χ2n) is 5.35. The number of nitrogens with zero attached hydrogens (tertiary/aromatic N) is 2. The number of amides is 3. The van der Waals surface area contributed by atoms with E-state index in [0.717, 1.165) is 17.7 Å². The lowest BCUT2D eigenvalue weighted by molar-refractivity contribution is -0.138. The summed E-state index contributed by atoms with van der Waals surface area (Å²) in [5.74, 6) is -0.781. The van der Waals surface area contributed by atoms with Crippen LogP contribution in [0.5, 0.6) is 0 Å². The molecule has 2 rings (SSSR count). The standard InChI is InChI=1S/C12H19N3O4/c13-10(16)6-15(7-11(17)18)12(19)14-4-8-2-1-3-9(8)5-14/h8-9H,1-7H2,(H2,13,16)(H,17,18). The van der Waals surface area contributed by atoms with E-state index in [9.17, 15) is 14.4 Å². The number of carboxylic acid groups (broad SMARTS) is 1. The van der Waals surface area contributed by atoms with Crippen molar-refractivity contribution in [2.75, 3.05) is 26.2 Å². The Hall–Kier alpha value is -1.79. The molecule has 1 saturated heterocycles. The predicted octanol–water partition coefficient (Wildman–Crippen LogP) is -0.290. The Bertz CT molecular complexity index is 370. The number of hydrogen-bond donors (Lipinski definition) is 2. The number of fused-ring (bicyclic) bond motifs is 1. The van der Waals surface area contributed by atoms with Crippen LogP contribution in [0.3, 0.4) is 0 Å². The molecule has 3 N–H and O–H groups in total. The van der Waals surface area contributed by atoms with Crippen LogP contribution < -0.4 is 5.73 Å². The van der Waals surface area contributed by atoms with E-state index in [0.29, 0.717) is 24.9 Å². The topological polar surface area (TPSA) is 104 Å². The molecule has 1 aliphatic carbocycles. The van der Waals surface area contributed by atoms with Crippen LogP contribution in [0, 0.1) is 11.8 Å². The van der Waals surface area contributed by atoms with Crippen LogP contribution in [0.2, 0.25) is 0 Å². The first-order valence-electron chi connectivity index (χ1n) is 6.51. The molecule has 19 heavy (non-hydrogen) atoms. The molecule has 2 aliphatic rings. The van der Waals surface area contributed by atoms with Crippen LogP contribution in [0.1, 0.15) is 19.3 Å². The van der Waals surface area contributed by atoms with Gasteiger partial charge in [-0.1, -0.05) is 6.42 Å². The van der Waals surface area contributed by atoms with Crippen LogP contribution >= 0.6 is 0 Å². The number of nitrogens with two attached hydrogens (primary N) is 1. The summed E-state index contributed by atoms with van der Waals surface area (Å²) in [6.07, 6.45) is 3.46. The molecule has 3 amide bonds. The highest BCUT2D eigenvalue weighted by Gasteiger charge is 2.39. The van der Waals surface area contributed by atoms with Crippen molar-refractivity contribution in [1.29, 1.82) is 0 Å². The molecular formula is C12H19N3O4. The Kier molecular flexibility index (Phi) is 3.92. The van der Waals surface area contributed by atoms with Gasteiger partial charge in [0.15, 0.2) is 0 Å². The van der Waals surface area contributed by atoms with Crippen molar-refractivity contribution >= 4 is 17.9 Å². The van der Waals surface area contributed by atoms with E-state index < -0.39 is 24.5 Å². The number of rotatable bonds is 4. The van der Waals surface area contributed by atoms with Crippen molar-refractivity contribution in [3.63, 3.8) is 0 Å². The second kappa shape index (κ2) is 5.46. The first-order chi connectivity index (χ1) is 8.97. The number of carboxylic acids is 1. The molecule has 2 fully saturated rings. The molecule has 0 bridgehead atoms. The van der Waals surface area contributed by atoms with Gasteiger partial charge in [-0.05, 0) is 24.7 Å². The predicted molar refractivity (Wildman–Crippen MR) is 66.2 cm³/mol. The van der Waals surface area contributed by atoms with Crippen molar-refractivity contribution in [2.45, 2.75) is 19.3 Å². The Labute approximate surface area is 111 Å². The lowest BCUT2D eigenvalue weighted by atomic mass is 10.0. The third-order valence-corrected chi connectivity index (χ3v) is 3.94. The maximum Gasteiger partial charge on any atom is 0.323 e. The fourth-order valence-electron chi connectivity index (χ4n) is 3.13. The zero-order chi connectivity index (χ0) is 14.0. The van der Waals surface area contributed by atoms with Gasteiger partial charge < -0.3 is 20.6 Å². The molecule has 106 valence electrons. The van der Waals surface area contributed by atoms with Crippen molar-refractivity contribution in [1.82, 2.24) is 9.80 Å². The van der Waals surface area contributed by atoms with Crippen molar-refractivity contribution in [3.05, 3.63) is 0 Å². The summed E-state index contributed by atoms with van der Waals surface area (Å²) in [5.41, 5.74) is 5.05. The van der Waals surface area contributed by atoms with Gasteiger partial charge in [0.1, 0.15) is 13.1 Å². The van der Waals surface area contributed by atoms with Gasteiger partial charge in [0.25, 0.3) is 0 Å². The minimum Gasteiger partial charge on any atom is -0.480 e. The number of primary amides is 1. The quantitative estimate of drug-likeness (QED) is 0.731. The minimum absolute atomic E-state index is 0.350. The Morgan fingerprint density at radius 1 is 1.16 bits per heavy atom. The monoisotopic (exact) mass is 269 g/mol. The lowest BCUT2D eigenvalue weighted by Gasteiger charge is -2.26. The summed E-state index contributed by atoms with van der Waals surface area (Å²) in [5, 5.41) is 8.79. The lowest BCUT2D eigenvalue weighted by Crippen LogP contribution is -2.48. The molecule has 7 nitrogen and oxygen atoms in total. The van der Waals surface area contributed by atoms with Gasteiger partial charge in [-0.2, -0.15) is 0 Å². The molecule has 0 aromatic rings. The van der Waals surface area contributed by atoms with Gasteiger partial charge in [0.05, 0.1) is 0 Å². The fraction of sp³-hybridized carbons (Fsp3) is 0.750. The summed E-state index contributed by atoms with van der Waals surface area (Å²) < 4.78 is 0. The normalized spacial score (nSPS) is 25.2. The molecule has 1 saturated carbocycles. The SMILES string of the molecule is NC(=O)CN(CC(=O)O)C(=O)N1CC2CCCC2C1. The second-order valence-corrected chi connectivity index (χ2v) is 5.35. The van der Waals surface area contributed by atoms with Gasteiger partial charge in [0.2, 0.25) is 5.91 Å². The molecule has 0 aromatic carbocycles. The number of carbonyl (C=O) groups excluding carboxylic acids is 2. The zero-order valence-corrected chi connectivity index (χ0v) is 10.7. The van der Waals surface area contributed by atoms with Crippen LogP contribution in [-0.2, 0) is 9.59 Å². The summed E-state index contributed by atoms with van der Waals surface area (Å²) >= 11 is 0. The molecular weight excluding hydrogens is 250 g/mol. The maximum absolute atomic E-state index is 12.2. The van der Waals surface area contributed by atoms with Crippen LogP contribution in [-0.4, -0.2) is 59.0 Å². The molecule has 1 aliphatic heterocycles. The molecule has 1 heterocycles. The Morgan fingerprint density at radius 2 is 1.74 bits per heavy atom. The van der Waals surface area contributed by atoms with Gasteiger partial charge in [-0.15, -0.1) is 0 Å². The number of hydrogen-bond acceptors (Lipinski definition) is 3. The van der Waals surface area contributed by atoms with Crippen molar-refractivity contribution < 1.29 is 19.5 Å². The number of urea groups is 1. The van der Waals surface area contributed by atoms with Gasteiger partial charge in [0, 0.05) is 13.1 Å². The van der Waals surface area contributed by atoms with E-state index in [1.54, 1.807) is 4.90 Å². The van der Waals surface area contributed by atoms with Gasteiger partial charge in [-0.25, -0.2) is 4.79 Å². The van der Waals surface area contributed by atoms with E-state index in [1.807, 2.05) is 0 Å². The largest absolute Gasteiger partial charge is 0.480 e. The molecule has 0 spiro atoms. The first kappa shape index (κ1) is 13.6. The average molecular weight is 269 g/mol. The Balaban J connectivity index is 1.98. The number of carbonyl (C=O) groups is 3. The van der Waals surface area contributed by atoms with E-state index >= 15 is 0 Å². The molecule has 2 unspecified atom stereocenters. The first-order valence-corrected chi connectivity index (χ1v) is 6.51. The third kappa shape index (κ3) is 3.15. The van der Waals surface area contributed by atoms with E-state index in [2.05, 4.69) is 0 Å². The summed E-state index contributed by atoms with van der Waals surface area (Å²) in [6.45, 7) is 0.487. The maximum atomic E-state index is 12.2. The van der Waals surface area contributed by atoms with Crippen molar-refractivity contribution in [3.8, 4) is 0 Å². The van der Waals surface area contributed by atoms with Crippen LogP contribution in [0.25, 0.3) is 0 Å². The van der Waals surface area contributed by atoms with Crippen molar-refractivity contribution in [2.24, 2.45) is 17.6 Å². The fourth-order valence-corrected chi connectivity index (χ4v) is 3.13. The highest BCUT2D eigenvalue weighted by atomic mass is 16.4. The number of likely N-dealkylation sites (tertiary alicyclic amines) is 1. The van der Waals surface area contributed by atoms with Crippen LogP contribution in [0.15, 0.2) is 0 Å². The van der Waals surface area contributed by atoms with E-state index in [-0.39, 0.29) is 6.54 Å². The Morgan fingerprint density at radius 3 is 2.21 bits per heavy atom. The molecule has 0 aromatic heterocycles. The molecule has 0 radical (unpaired) electrons. The summed E-state index contributed by atoms with van der Waals surface area (Å²) in [4.78, 5) is 36.6. The molecule has 2 atom stereocenters. The highest BCUT2D eigenvalue weighted by Crippen LogP contribution is 2.37. The van der Waals surface area contributed by atoms with E-state index in [4.69, 9.17) is 10.8 Å². The third-order valence-electron chi connectivity index (χ3n) is 3.94. The van der Waals surface area contributed by atoms with E-state index in [1.165, 1.54) is 6.42 Å². The van der Waals surface area contributed by atoms with Gasteiger partial charge in [-0.3, -0.25) is 9.59 Å². The zero-order valence-electron chi connectivity index (χ0n) is 10.7.